The molecular formula is C8H14N2O2S. The molecule has 0 radical (unpaired) electrons. The maximum Gasteiger partial charge on any atom is 0.249 e. The van der Waals surface area contributed by atoms with E-state index in [4.69, 9.17) is 22.7 Å². The highest BCUT2D eigenvalue weighted by Gasteiger charge is 2.24. The molecule has 3 N–H and O–H groups in total. The quantitative estimate of drug-likeness (QED) is 0.630. The maximum absolute atomic E-state index is 11.4. The van der Waals surface area contributed by atoms with Crippen LogP contribution in [0.5, 0.6) is 0 Å². The van der Waals surface area contributed by atoms with Gasteiger partial charge in [-0.15, -0.1) is 0 Å². The molecule has 5 heteroatoms. The van der Waals surface area contributed by atoms with Crippen LogP contribution in [0.25, 0.3) is 0 Å². The lowest BCUT2D eigenvalue weighted by Gasteiger charge is -2.15. The number of thiocarbonyl (C=S) groups is 1. The Bertz CT molecular complexity index is 214. The van der Waals surface area contributed by atoms with Crippen molar-refractivity contribution >= 4 is 23.1 Å². The predicted octanol–water partition coefficient (Wildman–Crippen LogP) is -0.0438. The minimum atomic E-state index is -0.309. The van der Waals surface area contributed by atoms with Crippen molar-refractivity contribution < 1.29 is 9.53 Å². The van der Waals surface area contributed by atoms with Gasteiger partial charge in [0.15, 0.2) is 0 Å². The molecule has 74 valence electrons. The summed E-state index contributed by atoms with van der Waals surface area (Å²) < 4.78 is 5.20. The number of hydrogen-bond donors (Lipinski definition) is 2. The Hall–Kier alpha value is -0.680. The Morgan fingerprint density at radius 2 is 2.46 bits per heavy atom. The lowest BCUT2D eigenvalue weighted by atomic mass is 10.2. The average Bonchev–Trinajstić information content (AvgIpc) is 2.55. The summed E-state index contributed by atoms with van der Waals surface area (Å²) in [5.41, 5.74) is 5.36. The largest absolute Gasteiger partial charge is 0.392 e. The van der Waals surface area contributed by atoms with E-state index in [1.807, 2.05) is 0 Å². The van der Waals surface area contributed by atoms with E-state index < -0.39 is 0 Å². The molecule has 0 aliphatic carbocycles. The van der Waals surface area contributed by atoms with E-state index in [1.54, 1.807) is 6.92 Å². The second-order valence-electron chi connectivity index (χ2n) is 3.13. The SMILES string of the molecule is CC(NC(=O)C1CCCO1)C(N)=S. The van der Waals surface area contributed by atoms with Crippen molar-refractivity contribution in [1.29, 1.82) is 0 Å². The molecule has 1 saturated heterocycles. The number of ether oxygens (including phenoxy) is 1. The van der Waals surface area contributed by atoms with E-state index in [1.165, 1.54) is 0 Å². The van der Waals surface area contributed by atoms with Crippen molar-refractivity contribution in [1.82, 2.24) is 5.32 Å². The Morgan fingerprint density at radius 1 is 1.77 bits per heavy atom. The van der Waals surface area contributed by atoms with Crippen molar-refractivity contribution in [2.45, 2.75) is 31.9 Å². The normalized spacial score (nSPS) is 23.9. The first-order valence-electron chi connectivity index (χ1n) is 4.32. The van der Waals surface area contributed by atoms with Crippen molar-refractivity contribution in [3.63, 3.8) is 0 Å². The van der Waals surface area contributed by atoms with Gasteiger partial charge in [0.05, 0.1) is 11.0 Å². The Labute approximate surface area is 82.8 Å². The van der Waals surface area contributed by atoms with Crippen molar-refractivity contribution in [3.05, 3.63) is 0 Å². The Morgan fingerprint density at radius 3 is 2.92 bits per heavy atom. The number of nitrogens with one attached hydrogen (secondary N) is 1. The molecule has 0 aromatic heterocycles. The lowest BCUT2D eigenvalue weighted by molar-refractivity contribution is -0.130. The molecule has 4 nitrogen and oxygen atoms in total. The lowest BCUT2D eigenvalue weighted by Crippen LogP contribution is -2.45. The predicted molar refractivity (Wildman–Crippen MR) is 53.4 cm³/mol. The second-order valence-corrected chi connectivity index (χ2v) is 3.61. The van der Waals surface area contributed by atoms with Crippen LogP contribution in [-0.4, -0.2) is 29.6 Å². The molecule has 1 fully saturated rings. The number of nitrogens with two attached hydrogens (primary N) is 1. The first kappa shape index (κ1) is 10.4. The third-order valence-corrected chi connectivity index (χ3v) is 2.36. The molecule has 0 aromatic rings. The van der Waals surface area contributed by atoms with Crippen LogP contribution in [0.3, 0.4) is 0 Å². The summed E-state index contributed by atoms with van der Waals surface area (Å²) in [5.74, 6) is -0.113. The zero-order chi connectivity index (χ0) is 9.84. The van der Waals surface area contributed by atoms with Gasteiger partial charge in [0.25, 0.3) is 0 Å². The van der Waals surface area contributed by atoms with Gasteiger partial charge in [0, 0.05) is 6.61 Å². The molecule has 0 bridgehead atoms. The first-order chi connectivity index (χ1) is 6.11. The van der Waals surface area contributed by atoms with Crippen LogP contribution in [0.4, 0.5) is 0 Å². The number of carbonyl (C=O) groups excluding carboxylic acids is 1. The molecule has 0 aromatic carbocycles. The van der Waals surface area contributed by atoms with Gasteiger partial charge in [-0.3, -0.25) is 4.79 Å². The standard InChI is InChI=1S/C8H14N2O2S/c1-5(7(9)13)10-8(11)6-3-2-4-12-6/h5-6H,2-4H2,1H3,(H2,9,13)(H,10,11). The summed E-state index contributed by atoms with van der Waals surface area (Å²) in [6.45, 7) is 2.43. The molecule has 0 spiro atoms. The van der Waals surface area contributed by atoms with E-state index in [0.717, 1.165) is 12.8 Å². The van der Waals surface area contributed by atoms with Crippen LogP contribution in [0.2, 0.25) is 0 Å². The fourth-order valence-electron chi connectivity index (χ4n) is 1.16. The highest BCUT2D eigenvalue weighted by Crippen LogP contribution is 2.11. The van der Waals surface area contributed by atoms with Crippen molar-refractivity contribution in [3.8, 4) is 0 Å². The zero-order valence-corrected chi connectivity index (χ0v) is 8.39. The van der Waals surface area contributed by atoms with E-state index in [2.05, 4.69) is 5.32 Å². The zero-order valence-electron chi connectivity index (χ0n) is 7.58. The van der Waals surface area contributed by atoms with E-state index >= 15 is 0 Å². The van der Waals surface area contributed by atoms with Crippen LogP contribution in [0, 0.1) is 0 Å². The average molecular weight is 202 g/mol. The van der Waals surface area contributed by atoms with Crippen LogP contribution in [0.1, 0.15) is 19.8 Å². The summed E-state index contributed by atoms with van der Waals surface area (Å²) in [6.07, 6.45) is 1.42. The van der Waals surface area contributed by atoms with Crippen LogP contribution in [0.15, 0.2) is 0 Å². The van der Waals surface area contributed by atoms with Crippen LogP contribution >= 0.6 is 12.2 Å². The van der Waals surface area contributed by atoms with Gasteiger partial charge in [0.1, 0.15) is 6.10 Å². The molecular weight excluding hydrogens is 188 g/mol. The fraction of sp³-hybridized carbons (Fsp3) is 0.750. The van der Waals surface area contributed by atoms with Gasteiger partial charge in [-0.1, -0.05) is 12.2 Å². The second kappa shape index (κ2) is 4.53. The molecule has 1 heterocycles. The fourth-order valence-corrected chi connectivity index (χ4v) is 1.22. The summed E-state index contributed by atoms with van der Waals surface area (Å²) >= 11 is 4.73. The molecule has 2 atom stereocenters. The molecule has 1 aliphatic heterocycles. The summed E-state index contributed by atoms with van der Waals surface area (Å²) in [7, 11) is 0. The van der Waals surface area contributed by atoms with Crippen LogP contribution < -0.4 is 11.1 Å². The highest BCUT2D eigenvalue weighted by molar-refractivity contribution is 7.80. The molecule has 1 aliphatic rings. The van der Waals surface area contributed by atoms with Gasteiger partial charge in [-0.25, -0.2) is 0 Å². The van der Waals surface area contributed by atoms with E-state index in [0.29, 0.717) is 11.6 Å². The topological polar surface area (TPSA) is 64.3 Å². The molecule has 0 saturated carbocycles. The Kier molecular flexibility index (Phi) is 3.62. The number of carbonyl (C=O) groups is 1. The van der Waals surface area contributed by atoms with Crippen molar-refractivity contribution in [2.24, 2.45) is 5.73 Å². The Balaban J connectivity index is 2.35. The van der Waals surface area contributed by atoms with Crippen molar-refractivity contribution in [2.75, 3.05) is 6.61 Å². The number of amides is 1. The minimum Gasteiger partial charge on any atom is -0.392 e. The number of rotatable bonds is 3. The minimum absolute atomic E-state index is 0.113. The van der Waals surface area contributed by atoms with E-state index in [-0.39, 0.29) is 18.1 Å². The smallest absolute Gasteiger partial charge is 0.249 e. The first-order valence-corrected chi connectivity index (χ1v) is 4.73. The maximum atomic E-state index is 11.4. The van der Waals surface area contributed by atoms with E-state index in [9.17, 15) is 4.79 Å². The summed E-state index contributed by atoms with van der Waals surface area (Å²) in [5, 5.41) is 2.69. The van der Waals surface area contributed by atoms with Gasteiger partial charge in [-0.2, -0.15) is 0 Å². The summed E-state index contributed by atoms with van der Waals surface area (Å²) in [6, 6.07) is -0.258. The van der Waals surface area contributed by atoms with Gasteiger partial charge < -0.3 is 15.8 Å². The molecule has 2 unspecified atom stereocenters. The molecule has 13 heavy (non-hydrogen) atoms. The van der Waals surface area contributed by atoms with Gasteiger partial charge in [0.2, 0.25) is 5.91 Å². The highest BCUT2D eigenvalue weighted by atomic mass is 32.1. The van der Waals surface area contributed by atoms with Gasteiger partial charge >= 0.3 is 0 Å². The third-order valence-electron chi connectivity index (χ3n) is 2.01. The van der Waals surface area contributed by atoms with Crippen LogP contribution in [-0.2, 0) is 9.53 Å². The summed E-state index contributed by atoms with van der Waals surface area (Å²) in [4.78, 5) is 11.7. The van der Waals surface area contributed by atoms with Gasteiger partial charge in [-0.05, 0) is 19.8 Å². The molecule has 1 rings (SSSR count). The molecule has 1 amide bonds. The number of hydrogen-bond acceptors (Lipinski definition) is 3. The monoisotopic (exact) mass is 202 g/mol. The third kappa shape index (κ3) is 2.93.